The van der Waals surface area contributed by atoms with Gasteiger partial charge in [0.2, 0.25) is 0 Å². The van der Waals surface area contributed by atoms with Crippen molar-refractivity contribution in [3.63, 3.8) is 0 Å². The van der Waals surface area contributed by atoms with Crippen LogP contribution in [0.4, 0.5) is 0 Å². The van der Waals surface area contributed by atoms with Gasteiger partial charge in [-0.1, -0.05) is 32.0 Å². The van der Waals surface area contributed by atoms with E-state index in [0.717, 1.165) is 30.2 Å². The maximum Gasteiger partial charge on any atom is 0.139 e. The molecule has 2 heterocycles. The summed E-state index contributed by atoms with van der Waals surface area (Å²) in [6, 6.07) is 8.12. The van der Waals surface area contributed by atoms with E-state index in [4.69, 9.17) is 4.74 Å². The van der Waals surface area contributed by atoms with Gasteiger partial charge in [0.1, 0.15) is 18.2 Å². The number of aromatic nitrogens is 2. The van der Waals surface area contributed by atoms with Crippen molar-refractivity contribution in [2.24, 2.45) is 5.92 Å². The number of benzene rings is 1. The van der Waals surface area contributed by atoms with Crippen molar-refractivity contribution in [1.82, 2.24) is 15.3 Å². The smallest absolute Gasteiger partial charge is 0.139 e. The first kappa shape index (κ1) is 14.0. The fourth-order valence-electron chi connectivity index (χ4n) is 2.52. The maximum atomic E-state index is 5.69. The van der Waals surface area contributed by atoms with E-state index in [1.165, 1.54) is 5.56 Å². The van der Waals surface area contributed by atoms with Crippen LogP contribution in [0.25, 0.3) is 0 Å². The molecule has 1 unspecified atom stereocenters. The normalized spacial score (nSPS) is 16.8. The van der Waals surface area contributed by atoms with Crippen LogP contribution < -0.4 is 10.1 Å². The van der Waals surface area contributed by atoms with E-state index in [0.29, 0.717) is 12.5 Å². The Balaban J connectivity index is 1.68. The second kappa shape index (κ2) is 6.22. The van der Waals surface area contributed by atoms with Crippen LogP contribution in [0, 0.1) is 5.92 Å². The van der Waals surface area contributed by atoms with Crippen LogP contribution in [0.2, 0.25) is 0 Å². The zero-order chi connectivity index (χ0) is 14.7. The Labute approximate surface area is 125 Å². The number of nitrogens with zero attached hydrogens (tertiary/aromatic N) is 2. The van der Waals surface area contributed by atoms with Gasteiger partial charge in [-0.2, -0.15) is 0 Å². The Kier molecular flexibility index (Phi) is 4.15. The molecule has 0 amide bonds. The van der Waals surface area contributed by atoms with Crippen molar-refractivity contribution in [1.29, 1.82) is 0 Å². The van der Waals surface area contributed by atoms with Gasteiger partial charge in [0, 0.05) is 30.1 Å². The number of nitrogens with one attached hydrogen (secondary N) is 1. The van der Waals surface area contributed by atoms with E-state index in [9.17, 15) is 0 Å². The molecule has 1 aromatic heterocycles. The molecule has 2 aromatic rings. The fraction of sp³-hybridized carbons (Fsp3) is 0.412. The van der Waals surface area contributed by atoms with Crippen molar-refractivity contribution in [2.45, 2.75) is 26.3 Å². The van der Waals surface area contributed by atoms with Crippen molar-refractivity contribution in [2.75, 3.05) is 13.2 Å². The Morgan fingerprint density at radius 1 is 1.24 bits per heavy atom. The summed E-state index contributed by atoms with van der Waals surface area (Å²) in [4.78, 5) is 9.05. The minimum absolute atomic E-state index is 0.152. The molecule has 1 aromatic carbocycles. The fourth-order valence-corrected chi connectivity index (χ4v) is 2.52. The van der Waals surface area contributed by atoms with Crippen LogP contribution >= 0.6 is 0 Å². The molecule has 1 aliphatic heterocycles. The quantitative estimate of drug-likeness (QED) is 0.916. The highest BCUT2D eigenvalue weighted by molar-refractivity contribution is 5.42. The summed E-state index contributed by atoms with van der Waals surface area (Å²) in [7, 11) is 0. The average molecular weight is 283 g/mol. The monoisotopic (exact) mass is 283 g/mol. The molecule has 0 bridgehead atoms. The summed E-state index contributed by atoms with van der Waals surface area (Å²) >= 11 is 0. The molecule has 3 rings (SSSR count). The predicted octanol–water partition coefficient (Wildman–Crippen LogP) is 2.75. The van der Waals surface area contributed by atoms with Gasteiger partial charge in [0.05, 0.1) is 5.92 Å². The van der Waals surface area contributed by atoms with Gasteiger partial charge in [-0.15, -0.1) is 0 Å². The molecule has 1 aliphatic rings. The summed E-state index contributed by atoms with van der Waals surface area (Å²) in [5.74, 6) is 2.59. The van der Waals surface area contributed by atoms with Crippen LogP contribution in [0.5, 0.6) is 5.75 Å². The summed E-state index contributed by atoms with van der Waals surface area (Å²) in [6.45, 7) is 6.85. The van der Waals surface area contributed by atoms with Crippen LogP contribution in [0.15, 0.2) is 36.7 Å². The number of hydrogen-bond acceptors (Lipinski definition) is 4. The van der Waals surface area contributed by atoms with Crippen LogP contribution in [-0.2, 0) is 6.54 Å². The molecule has 1 atom stereocenters. The number of fused-ring (bicyclic) bond motifs is 1. The molecule has 4 heteroatoms. The number of rotatable bonds is 5. The van der Waals surface area contributed by atoms with Gasteiger partial charge in [0.15, 0.2) is 0 Å². The Morgan fingerprint density at radius 2 is 2.00 bits per heavy atom. The first-order valence-corrected chi connectivity index (χ1v) is 7.47. The third-order valence-electron chi connectivity index (χ3n) is 3.62. The molecule has 0 radical (unpaired) electrons. The predicted molar refractivity (Wildman–Crippen MR) is 82.4 cm³/mol. The molecule has 4 nitrogen and oxygen atoms in total. The molecular weight excluding hydrogens is 262 g/mol. The summed E-state index contributed by atoms with van der Waals surface area (Å²) in [5.41, 5.74) is 2.30. The third kappa shape index (κ3) is 3.22. The molecule has 0 saturated heterocycles. The van der Waals surface area contributed by atoms with Gasteiger partial charge in [-0.3, -0.25) is 0 Å². The number of ether oxygens (including phenoxy) is 1. The summed E-state index contributed by atoms with van der Waals surface area (Å²) < 4.78 is 5.69. The Bertz CT molecular complexity index is 595. The highest BCUT2D eigenvalue weighted by atomic mass is 16.5. The maximum absolute atomic E-state index is 5.69. The lowest BCUT2D eigenvalue weighted by molar-refractivity contribution is 0.339. The van der Waals surface area contributed by atoms with E-state index in [-0.39, 0.29) is 5.92 Å². The van der Waals surface area contributed by atoms with Gasteiger partial charge >= 0.3 is 0 Å². The molecule has 0 fully saturated rings. The van der Waals surface area contributed by atoms with Gasteiger partial charge < -0.3 is 10.1 Å². The van der Waals surface area contributed by atoms with E-state index >= 15 is 0 Å². The third-order valence-corrected chi connectivity index (χ3v) is 3.62. The molecule has 1 N–H and O–H groups in total. The van der Waals surface area contributed by atoms with Crippen molar-refractivity contribution < 1.29 is 4.74 Å². The van der Waals surface area contributed by atoms with Gasteiger partial charge in [-0.25, -0.2) is 9.97 Å². The van der Waals surface area contributed by atoms with E-state index in [2.05, 4.69) is 35.2 Å². The zero-order valence-corrected chi connectivity index (χ0v) is 12.5. The second-order valence-electron chi connectivity index (χ2n) is 5.88. The first-order chi connectivity index (χ1) is 10.2. The molecule has 110 valence electrons. The van der Waals surface area contributed by atoms with E-state index in [1.54, 1.807) is 0 Å². The summed E-state index contributed by atoms with van der Waals surface area (Å²) in [6.07, 6.45) is 3.83. The van der Waals surface area contributed by atoms with Crippen LogP contribution in [0.3, 0.4) is 0 Å². The molecule has 0 aliphatic carbocycles. The standard InChI is InChI=1S/C17H21N3O/c1-12(2)7-18-8-13-9-19-17(20-10-13)15-11-21-16-6-4-3-5-14(15)16/h3-6,9-10,12,15,18H,7-8,11H2,1-2H3. The highest BCUT2D eigenvalue weighted by Gasteiger charge is 2.27. The SMILES string of the molecule is CC(C)CNCc1cnc(C2COc3ccccc32)nc1. The minimum Gasteiger partial charge on any atom is -0.492 e. The zero-order valence-electron chi connectivity index (χ0n) is 12.5. The average Bonchev–Trinajstić information content (AvgIpc) is 2.92. The van der Waals surface area contributed by atoms with Crippen molar-refractivity contribution >= 4 is 0 Å². The number of hydrogen-bond donors (Lipinski definition) is 1. The Hall–Kier alpha value is -1.94. The second-order valence-corrected chi connectivity index (χ2v) is 5.88. The largest absolute Gasteiger partial charge is 0.492 e. The lowest BCUT2D eigenvalue weighted by Crippen LogP contribution is -2.19. The molecule has 0 spiro atoms. The number of para-hydroxylation sites is 1. The van der Waals surface area contributed by atoms with Crippen LogP contribution in [-0.4, -0.2) is 23.1 Å². The lowest BCUT2D eigenvalue weighted by Gasteiger charge is -2.09. The topological polar surface area (TPSA) is 47.0 Å². The highest BCUT2D eigenvalue weighted by Crippen LogP contribution is 2.36. The minimum atomic E-state index is 0.152. The van der Waals surface area contributed by atoms with E-state index < -0.39 is 0 Å². The van der Waals surface area contributed by atoms with Crippen molar-refractivity contribution in [3.8, 4) is 5.75 Å². The van der Waals surface area contributed by atoms with Gasteiger partial charge in [-0.05, 0) is 18.5 Å². The Morgan fingerprint density at radius 3 is 2.76 bits per heavy atom. The lowest BCUT2D eigenvalue weighted by atomic mass is 10.0. The van der Waals surface area contributed by atoms with Gasteiger partial charge in [0.25, 0.3) is 0 Å². The van der Waals surface area contributed by atoms with Crippen molar-refractivity contribution in [3.05, 3.63) is 53.6 Å². The van der Waals surface area contributed by atoms with E-state index in [1.807, 2.05) is 30.6 Å². The first-order valence-electron chi connectivity index (χ1n) is 7.47. The van der Waals surface area contributed by atoms with Crippen LogP contribution in [0.1, 0.15) is 36.7 Å². The molecular formula is C17H21N3O. The molecule has 21 heavy (non-hydrogen) atoms. The summed E-state index contributed by atoms with van der Waals surface area (Å²) in [5, 5.41) is 3.40. The molecule has 0 saturated carbocycles.